The van der Waals surface area contributed by atoms with Crippen LogP contribution in [-0.2, 0) is 11.3 Å². The largest absolute Gasteiger partial charge is 0.389 e. The quantitative estimate of drug-likeness (QED) is 0.598. The van der Waals surface area contributed by atoms with Crippen molar-refractivity contribution < 1.29 is 9.84 Å². The highest BCUT2D eigenvalue weighted by Gasteiger charge is 2.54. The summed E-state index contributed by atoms with van der Waals surface area (Å²) in [5, 5.41) is 10.5. The van der Waals surface area contributed by atoms with Crippen LogP contribution in [0.5, 0.6) is 0 Å². The standard InChI is InChI=1S/C19H32O2Si/c1-8-16(2)19(6,20)22(7,18(3,4)5)15-21-14-17-12-10-9-11-13-17/h8-13,20H,14-15H2,1-7H3/b16-8-/t19-,22+/m1/s1. The molecule has 0 aliphatic rings. The molecule has 0 bridgehead atoms. The second kappa shape index (κ2) is 7.11. The van der Waals surface area contributed by atoms with Crippen molar-refractivity contribution in [3.05, 3.63) is 47.5 Å². The van der Waals surface area contributed by atoms with Crippen LogP contribution >= 0.6 is 0 Å². The summed E-state index contributed by atoms with van der Waals surface area (Å²) in [5.74, 6) is 0. The van der Waals surface area contributed by atoms with Crippen molar-refractivity contribution in [3.63, 3.8) is 0 Å². The summed E-state index contributed by atoms with van der Waals surface area (Å²) >= 11 is 0. The molecule has 1 aromatic carbocycles. The first-order valence-corrected chi connectivity index (χ1v) is 10.7. The number of hydrogen-bond donors (Lipinski definition) is 1. The third-order valence-electron chi connectivity index (χ3n) is 5.43. The first-order chi connectivity index (χ1) is 10.1. The summed E-state index contributed by atoms with van der Waals surface area (Å²) in [4.78, 5) is 0. The molecule has 1 rings (SSSR count). The zero-order valence-electron chi connectivity index (χ0n) is 15.2. The van der Waals surface area contributed by atoms with Crippen molar-refractivity contribution >= 4 is 8.07 Å². The third kappa shape index (κ3) is 3.89. The normalized spacial score (nSPS) is 18.6. The van der Waals surface area contributed by atoms with Gasteiger partial charge in [0.05, 0.1) is 11.8 Å². The summed E-state index contributed by atoms with van der Waals surface area (Å²) in [5.41, 5.74) is 2.22. The first-order valence-electron chi connectivity index (χ1n) is 8.03. The minimum Gasteiger partial charge on any atom is -0.389 e. The van der Waals surface area contributed by atoms with Gasteiger partial charge in [-0.15, -0.1) is 0 Å². The van der Waals surface area contributed by atoms with Crippen molar-refractivity contribution in [3.8, 4) is 0 Å². The van der Waals surface area contributed by atoms with E-state index in [4.69, 9.17) is 4.74 Å². The van der Waals surface area contributed by atoms with E-state index in [2.05, 4.69) is 39.5 Å². The Morgan fingerprint density at radius 3 is 2.18 bits per heavy atom. The SMILES string of the molecule is C/C=C(/C)[C@](C)(O)[Si@@](C)(COCc1ccccc1)C(C)(C)C. The van der Waals surface area contributed by atoms with Gasteiger partial charge in [0.2, 0.25) is 0 Å². The molecule has 2 nitrogen and oxygen atoms in total. The van der Waals surface area contributed by atoms with Crippen LogP contribution in [0.15, 0.2) is 42.0 Å². The number of ether oxygens (including phenoxy) is 1. The molecular formula is C19H32O2Si. The average Bonchev–Trinajstić information content (AvgIpc) is 2.45. The highest BCUT2D eigenvalue weighted by atomic mass is 28.3. The summed E-state index contributed by atoms with van der Waals surface area (Å²) < 4.78 is 6.07. The number of allylic oxidation sites excluding steroid dienone is 1. The second-order valence-electron chi connectivity index (χ2n) is 7.60. The van der Waals surface area contributed by atoms with Gasteiger partial charge in [-0.3, -0.25) is 0 Å². The van der Waals surface area contributed by atoms with Gasteiger partial charge in [0.1, 0.15) is 8.07 Å². The molecule has 0 saturated carbocycles. The first kappa shape index (κ1) is 19.1. The Hall–Kier alpha value is -0.903. The molecule has 0 aliphatic carbocycles. The number of benzene rings is 1. The highest BCUT2D eigenvalue weighted by Crippen LogP contribution is 2.45. The summed E-state index contributed by atoms with van der Waals surface area (Å²) in [6, 6.07) is 10.2. The van der Waals surface area contributed by atoms with Gasteiger partial charge >= 0.3 is 0 Å². The van der Waals surface area contributed by atoms with Crippen molar-refractivity contribution in [2.45, 2.75) is 65.0 Å². The van der Waals surface area contributed by atoms with E-state index in [1.54, 1.807) is 0 Å². The van der Waals surface area contributed by atoms with Crippen LogP contribution in [0.1, 0.15) is 47.1 Å². The average molecular weight is 321 g/mol. The molecule has 0 amide bonds. The Labute approximate surface area is 137 Å². The minimum absolute atomic E-state index is 0.0391. The molecule has 0 aromatic heterocycles. The molecule has 0 saturated heterocycles. The fourth-order valence-corrected chi connectivity index (χ4v) is 6.45. The fourth-order valence-electron chi connectivity index (χ4n) is 2.75. The molecule has 124 valence electrons. The Morgan fingerprint density at radius 1 is 1.18 bits per heavy atom. The van der Waals surface area contributed by atoms with Crippen LogP contribution in [-0.4, -0.2) is 24.6 Å². The lowest BCUT2D eigenvalue weighted by Crippen LogP contribution is -2.64. The van der Waals surface area contributed by atoms with Crippen LogP contribution in [0.4, 0.5) is 0 Å². The predicted molar refractivity (Wildman–Crippen MR) is 97.5 cm³/mol. The predicted octanol–water partition coefficient (Wildman–Crippen LogP) is 4.88. The van der Waals surface area contributed by atoms with E-state index in [1.807, 2.05) is 45.0 Å². The van der Waals surface area contributed by atoms with Crippen molar-refractivity contribution in [2.75, 3.05) is 6.23 Å². The molecule has 22 heavy (non-hydrogen) atoms. The molecule has 0 spiro atoms. The van der Waals surface area contributed by atoms with E-state index in [9.17, 15) is 5.11 Å². The van der Waals surface area contributed by atoms with Gasteiger partial charge in [-0.25, -0.2) is 0 Å². The van der Waals surface area contributed by atoms with Gasteiger partial charge in [-0.2, -0.15) is 0 Å². The minimum atomic E-state index is -2.15. The van der Waals surface area contributed by atoms with Crippen LogP contribution in [0, 0.1) is 0 Å². The number of rotatable bonds is 6. The molecule has 0 heterocycles. The van der Waals surface area contributed by atoms with Crippen molar-refractivity contribution in [1.29, 1.82) is 0 Å². The summed E-state index contributed by atoms with van der Waals surface area (Å²) in [7, 11) is -2.15. The zero-order chi connectivity index (χ0) is 17.0. The number of aliphatic hydroxyl groups is 1. The van der Waals surface area contributed by atoms with Crippen molar-refractivity contribution in [1.82, 2.24) is 0 Å². The highest BCUT2D eigenvalue weighted by molar-refractivity contribution is 6.84. The molecule has 0 unspecified atom stereocenters. The van der Waals surface area contributed by atoms with Crippen LogP contribution in [0.25, 0.3) is 0 Å². The molecule has 0 radical (unpaired) electrons. The van der Waals surface area contributed by atoms with E-state index in [1.165, 1.54) is 5.56 Å². The van der Waals surface area contributed by atoms with Gasteiger partial charge in [0.15, 0.2) is 0 Å². The molecule has 1 aromatic rings. The second-order valence-corrected chi connectivity index (χ2v) is 13.0. The van der Waals surface area contributed by atoms with Crippen LogP contribution in [0.2, 0.25) is 11.6 Å². The summed E-state index contributed by atoms with van der Waals surface area (Å²) in [6.45, 7) is 15.5. The maximum Gasteiger partial charge on any atom is 0.127 e. The van der Waals surface area contributed by atoms with Crippen LogP contribution < -0.4 is 0 Å². The monoisotopic (exact) mass is 320 g/mol. The zero-order valence-corrected chi connectivity index (χ0v) is 16.2. The van der Waals surface area contributed by atoms with Crippen LogP contribution in [0.3, 0.4) is 0 Å². The molecule has 1 N–H and O–H groups in total. The Bertz CT molecular complexity index is 500. The third-order valence-corrected chi connectivity index (χ3v) is 12.1. The molecule has 0 aliphatic heterocycles. The molecule has 2 atom stereocenters. The Morgan fingerprint density at radius 2 is 1.73 bits per heavy atom. The maximum atomic E-state index is 11.2. The van der Waals surface area contributed by atoms with Crippen molar-refractivity contribution in [2.24, 2.45) is 0 Å². The summed E-state index contributed by atoms with van der Waals surface area (Å²) in [6.07, 6.45) is 2.66. The molecule has 0 fully saturated rings. The van der Waals surface area contributed by atoms with E-state index in [0.717, 1.165) is 5.57 Å². The Kier molecular flexibility index (Phi) is 6.19. The molecular weight excluding hydrogens is 288 g/mol. The van der Waals surface area contributed by atoms with Gasteiger partial charge in [-0.1, -0.05) is 63.7 Å². The van der Waals surface area contributed by atoms with Gasteiger partial charge < -0.3 is 9.84 Å². The van der Waals surface area contributed by atoms with E-state index >= 15 is 0 Å². The van der Waals surface area contributed by atoms with E-state index in [-0.39, 0.29) is 5.04 Å². The number of hydrogen-bond acceptors (Lipinski definition) is 2. The lowest BCUT2D eigenvalue weighted by molar-refractivity contribution is 0.123. The van der Waals surface area contributed by atoms with Gasteiger partial charge in [0, 0.05) is 6.23 Å². The van der Waals surface area contributed by atoms with Gasteiger partial charge in [-0.05, 0) is 36.9 Å². The topological polar surface area (TPSA) is 29.5 Å². The Balaban J connectivity index is 2.94. The smallest absolute Gasteiger partial charge is 0.127 e. The lowest BCUT2D eigenvalue weighted by Gasteiger charge is -2.50. The lowest BCUT2D eigenvalue weighted by atomic mass is 10.2. The maximum absolute atomic E-state index is 11.2. The van der Waals surface area contributed by atoms with E-state index in [0.29, 0.717) is 12.8 Å². The fraction of sp³-hybridized carbons (Fsp3) is 0.579. The van der Waals surface area contributed by atoms with Gasteiger partial charge in [0.25, 0.3) is 0 Å². The van der Waals surface area contributed by atoms with E-state index < -0.39 is 13.3 Å². The molecule has 3 heteroatoms.